The van der Waals surface area contributed by atoms with Crippen molar-refractivity contribution >= 4 is 21.6 Å². The van der Waals surface area contributed by atoms with Gasteiger partial charge in [-0.2, -0.15) is 4.31 Å². The van der Waals surface area contributed by atoms with Crippen molar-refractivity contribution in [2.24, 2.45) is 5.41 Å². The van der Waals surface area contributed by atoms with Crippen molar-refractivity contribution in [3.05, 3.63) is 24.3 Å². The number of carbonyl (C=O) groups is 1. The predicted octanol–water partition coefficient (Wildman–Crippen LogP) is 2.24. The summed E-state index contributed by atoms with van der Waals surface area (Å²) in [6, 6.07) is 6.91. The van der Waals surface area contributed by atoms with E-state index in [2.05, 4.69) is 5.32 Å². The molecule has 2 fully saturated rings. The van der Waals surface area contributed by atoms with Crippen LogP contribution in [0.3, 0.4) is 0 Å². The van der Waals surface area contributed by atoms with Crippen LogP contribution in [0.5, 0.6) is 5.75 Å². The maximum Gasteiger partial charge on any atom is 0.232 e. The van der Waals surface area contributed by atoms with E-state index in [1.807, 2.05) is 18.2 Å². The van der Waals surface area contributed by atoms with E-state index in [0.29, 0.717) is 37.3 Å². The zero-order chi connectivity index (χ0) is 19.5. The molecule has 1 heterocycles. The first-order valence-corrected chi connectivity index (χ1v) is 11.0. The van der Waals surface area contributed by atoms with Crippen LogP contribution < -0.4 is 10.1 Å². The van der Waals surface area contributed by atoms with Crippen molar-refractivity contribution < 1.29 is 22.7 Å². The van der Waals surface area contributed by atoms with E-state index < -0.39 is 15.4 Å². The van der Waals surface area contributed by atoms with E-state index in [1.165, 1.54) is 4.31 Å². The number of hydrogen-bond donors (Lipinski definition) is 1. The average molecular weight is 397 g/mol. The van der Waals surface area contributed by atoms with Crippen LogP contribution in [-0.2, 0) is 19.6 Å². The normalized spacial score (nSPS) is 27.6. The highest BCUT2D eigenvalue weighted by Gasteiger charge is 2.55. The number of carbonyl (C=O) groups excluding carboxylic acids is 1. The molecule has 0 spiro atoms. The molecule has 150 valence electrons. The van der Waals surface area contributed by atoms with Crippen LogP contribution >= 0.6 is 0 Å². The number of sulfonamides is 1. The molecule has 0 radical (unpaired) electrons. The van der Waals surface area contributed by atoms with Gasteiger partial charge in [-0.15, -0.1) is 0 Å². The second-order valence-corrected chi connectivity index (χ2v) is 9.31. The van der Waals surface area contributed by atoms with Gasteiger partial charge in [-0.25, -0.2) is 8.42 Å². The summed E-state index contributed by atoms with van der Waals surface area (Å²) in [5.74, 6) is 0.565. The second-order valence-electron chi connectivity index (χ2n) is 7.27. The Kier molecular flexibility index (Phi) is 6.08. The van der Waals surface area contributed by atoms with Crippen molar-refractivity contribution in [3.63, 3.8) is 0 Å². The molecule has 0 unspecified atom stereocenters. The number of amides is 1. The summed E-state index contributed by atoms with van der Waals surface area (Å²) in [6.45, 7) is 0.612. The fourth-order valence-corrected chi connectivity index (χ4v) is 6.27. The van der Waals surface area contributed by atoms with E-state index >= 15 is 0 Å². The van der Waals surface area contributed by atoms with E-state index in [0.717, 1.165) is 12.8 Å². The number of nitrogens with one attached hydrogen (secondary N) is 1. The summed E-state index contributed by atoms with van der Waals surface area (Å²) >= 11 is 0. The van der Waals surface area contributed by atoms with Crippen molar-refractivity contribution in [1.29, 1.82) is 0 Å². The number of rotatable bonds is 6. The Labute approximate surface area is 161 Å². The fraction of sp³-hybridized carbons (Fsp3) is 0.632. The summed E-state index contributed by atoms with van der Waals surface area (Å²) < 4.78 is 37.2. The third-order valence-electron chi connectivity index (χ3n) is 5.79. The molecule has 27 heavy (non-hydrogen) atoms. The first-order valence-electron chi connectivity index (χ1n) is 9.37. The third kappa shape index (κ3) is 3.97. The third-order valence-corrected chi connectivity index (χ3v) is 7.67. The molecular weight excluding hydrogens is 368 g/mol. The minimum absolute atomic E-state index is 0.00124. The topological polar surface area (TPSA) is 84.9 Å². The lowest BCUT2D eigenvalue weighted by Crippen LogP contribution is -2.62. The van der Waals surface area contributed by atoms with Gasteiger partial charge in [-0.1, -0.05) is 18.9 Å². The van der Waals surface area contributed by atoms with Crippen LogP contribution in [0.1, 0.15) is 32.1 Å². The molecule has 0 bridgehead atoms. The zero-order valence-corrected chi connectivity index (χ0v) is 16.8. The van der Waals surface area contributed by atoms with Crippen LogP contribution in [0.25, 0.3) is 0 Å². The van der Waals surface area contributed by atoms with E-state index in [4.69, 9.17) is 9.47 Å². The molecule has 1 saturated heterocycles. The minimum atomic E-state index is -3.37. The Hall–Kier alpha value is -1.64. The fourth-order valence-electron chi connectivity index (χ4n) is 4.37. The van der Waals surface area contributed by atoms with Gasteiger partial charge < -0.3 is 14.8 Å². The van der Waals surface area contributed by atoms with Crippen LogP contribution in [0.15, 0.2) is 24.3 Å². The number of anilines is 1. The monoisotopic (exact) mass is 396 g/mol. The molecule has 0 aromatic heterocycles. The molecule has 1 N–H and O–H groups in total. The van der Waals surface area contributed by atoms with Crippen LogP contribution in [0.2, 0.25) is 0 Å². The largest absolute Gasteiger partial charge is 0.497 e. The Morgan fingerprint density at radius 1 is 1.30 bits per heavy atom. The standard InChI is InChI=1S/C19H28N2O5S/c1-25-12-11-21-17-8-3-4-9-19(17,10-13-27(21,23)24)18(22)20-15-6-5-7-16(14-15)26-2/h5-7,14,17H,3-4,8-13H2,1-2H3,(H,20,22)/t17-,19-/m1/s1. The number of fused-ring (bicyclic) bond motifs is 1. The molecule has 1 aromatic rings. The average Bonchev–Trinajstić information content (AvgIpc) is 2.67. The van der Waals surface area contributed by atoms with Gasteiger partial charge >= 0.3 is 0 Å². The van der Waals surface area contributed by atoms with Crippen LogP contribution in [0.4, 0.5) is 5.69 Å². The van der Waals surface area contributed by atoms with Crippen molar-refractivity contribution in [2.45, 2.75) is 38.1 Å². The SMILES string of the molecule is COCCN1[C@@H]2CCCC[C@@]2(C(=O)Nc2cccc(OC)c2)CCS1(=O)=O. The van der Waals surface area contributed by atoms with Gasteiger partial charge in [-0.3, -0.25) is 4.79 Å². The lowest BCUT2D eigenvalue weighted by molar-refractivity contribution is -0.132. The van der Waals surface area contributed by atoms with E-state index in [1.54, 1.807) is 20.3 Å². The summed E-state index contributed by atoms with van der Waals surface area (Å²) in [5, 5.41) is 3.01. The van der Waals surface area contributed by atoms with Gasteiger partial charge in [0.15, 0.2) is 0 Å². The van der Waals surface area contributed by atoms with Gasteiger partial charge in [-0.05, 0) is 31.4 Å². The second kappa shape index (κ2) is 8.16. The van der Waals surface area contributed by atoms with Crippen molar-refractivity contribution in [1.82, 2.24) is 4.31 Å². The predicted molar refractivity (Wildman–Crippen MR) is 103 cm³/mol. The first kappa shape index (κ1) is 20.1. The maximum absolute atomic E-state index is 13.3. The van der Waals surface area contributed by atoms with Gasteiger partial charge in [0.2, 0.25) is 15.9 Å². The van der Waals surface area contributed by atoms with Crippen molar-refractivity contribution in [3.8, 4) is 5.75 Å². The molecule has 2 atom stereocenters. The van der Waals surface area contributed by atoms with Gasteiger partial charge in [0.05, 0.1) is 24.9 Å². The highest BCUT2D eigenvalue weighted by Crippen LogP contribution is 2.47. The van der Waals surface area contributed by atoms with Gasteiger partial charge in [0.1, 0.15) is 5.75 Å². The highest BCUT2D eigenvalue weighted by atomic mass is 32.2. The molecular formula is C19H28N2O5S. The Balaban J connectivity index is 1.88. The molecule has 1 aliphatic carbocycles. The van der Waals surface area contributed by atoms with Crippen molar-refractivity contribution in [2.75, 3.05) is 38.4 Å². The molecule has 1 aliphatic heterocycles. The quantitative estimate of drug-likeness (QED) is 0.797. The van der Waals surface area contributed by atoms with E-state index in [9.17, 15) is 13.2 Å². The van der Waals surface area contributed by atoms with Crippen LogP contribution in [0, 0.1) is 5.41 Å². The maximum atomic E-state index is 13.3. The molecule has 3 rings (SSSR count). The summed E-state index contributed by atoms with van der Waals surface area (Å²) in [7, 11) is -0.232. The lowest BCUT2D eigenvalue weighted by atomic mass is 9.67. The lowest BCUT2D eigenvalue weighted by Gasteiger charge is -2.50. The number of hydrogen-bond acceptors (Lipinski definition) is 5. The Morgan fingerprint density at radius 2 is 2.11 bits per heavy atom. The minimum Gasteiger partial charge on any atom is -0.497 e. The molecule has 8 heteroatoms. The number of benzene rings is 1. The molecule has 2 aliphatic rings. The molecule has 1 amide bonds. The Morgan fingerprint density at radius 3 is 2.85 bits per heavy atom. The molecule has 1 saturated carbocycles. The highest BCUT2D eigenvalue weighted by molar-refractivity contribution is 7.89. The molecule has 1 aromatic carbocycles. The van der Waals surface area contributed by atoms with Crippen LogP contribution in [-0.4, -0.2) is 57.8 Å². The van der Waals surface area contributed by atoms with E-state index in [-0.39, 0.29) is 24.2 Å². The van der Waals surface area contributed by atoms with Gasteiger partial charge in [0.25, 0.3) is 0 Å². The smallest absolute Gasteiger partial charge is 0.232 e. The number of ether oxygens (including phenoxy) is 2. The summed E-state index contributed by atoms with van der Waals surface area (Å²) in [4.78, 5) is 13.3. The first-order chi connectivity index (χ1) is 12.9. The summed E-state index contributed by atoms with van der Waals surface area (Å²) in [6.07, 6.45) is 3.62. The molecule has 7 nitrogen and oxygen atoms in total. The zero-order valence-electron chi connectivity index (χ0n) is 15.9. The van der Waals surface area contributed by atoms with Gasteiger partial charge in [0, 0.05) is 31.5 Å². The summed E-state index contributed by atoms with van der Waals surface area (Å²) in [5.41, 5.74) is -0.0321. The number of nitrogens with zero attached hydrogens (tertiary/aromatic N) is 1. The number of methoxy groups -OCH3 is 2. The Bertz CT molecular complexity index is 782.